The van der Waals surface area contributed by atoms with Gasteiger partial charge in [0.15, 0.2) is 5.78 Å². The van der Waals surface area contributed by atoms with E-state index < -0.39 is 0 Å². The number of amides is 1. The minimum Gasteiger partial charge on any atom is -0.330 e. The highest BCUT2D eigenvalue weighted by molar-refractivity contribution is 5.92. The van der Waals surface area contributed by atoms with Gasteiger partial charge in [-0.3, -0.25) is 9.59 Å². The molecule has 22 heavy (non-hydrogen) atoms. The highest BCUT2D eigenvalue weighted by Gasteiger charge is 2.40. The van der Waals surface area contributed by atoms with E-state index in [4.69, 9.17) is 0 Å². The molecule has 0 spiro atoms. The third kappa shape index (κ3) is 3.40. The quantitative estimate of drug-likeness (QED) is 0.806. The van der Waals surface area contributed by atoms with Gasteiger partial charge >= 0.3 is 0 Å². The maximum Gasteiger partial charge on any atom is 0.223 e. The molecule has 2 fully saturated rings. The molecule has 3 heteroatoms. The fourth-order valence-corrected chi connectivity index (χ4v) is 3.94. The van der Waals surface area contributed by atoms with Gasteiger partial charge in [-0.25, -0.2) is 0 Å². The van der Waals surface area contributed by atoms with Crippen LogP contribution < -0.4 is 0 Å². The Kier molecular flexibility index (Phi) is 4.91. The molecule has 0 aromatic heterocycles. The van der Waals surface area contributed by atoms with Crippen LogP contribution in [0.15, 0.2) is 30.3 Å². The smallest absolute Gasteiger partial charge is 0.223 e. The van der Waals surface area contributed by atoms with E-state index in [-0.39, 0.29) is 17.7 Å². The van der Waals surface area contributed by atoms with Gasteiger partial charge in [-0.05, 0) is 37.7 Å². The number of hydrogen-bond donors (Lipinski definition) is 0. The van der Waals surface area contributed by atoms with Crippen molar-refractivity contribution in [2.24, 2.45) is 0 Å². The average Bonchev–Trinajstić information content (AvgIpc) is 3.17. The third-order valence-corrected chi connectivity index (χ3v) is 5.08. The van der Waals surface area contributed by atoms with Crippen molar-refractivity contribution in [1.82, 2.24) is 4.90 Å². The molecule has 1 amide bonds. The average molecular weight is 299 g/mol. The maximum atomic E-state index is 12.6. The summed E-state index contributed by atoms with van der Waals surface area (Å²) in [5.74, 6) is 0.474. The molecule has 1 aromatic rings. The van der Waals surface area contributed by atoms with E-state index in [2.05, 4.69) is 12.1 Å². The molecule has 1 atom stereocenters. The molecule has 0 bridgehead atoms. The number of ketones is 1. The van der Waals surface area contributed by atoms with Crippen molar-refractivity contribution in [3.8, 4) is 0 Å². The van der Waals surface area contributed by atoms with Gasteiger partial charge in [0.05, 0.1) is 6.04 Å². The molecule has 1 aromatic carbocycles. The standard InChI is InChI=1S/C19H25NO2/c21-18(12-6-9-15-7-2-1-3-8-15)17-13-14-19(22)20(17)16-10-4-5-11-16/h1-3,7-8,16-17H,4-6,9-14H2. The van der Waals surface area contributed by atoms with Gasteiger partial charge in [0, 0.05) is 18.9 Å². The summed E-state index contributed by atoms with van der Waals surface area (Å²) in [7, 11) is 0. The predicted molar refractivity (Wildman–Crippen MR) is 86.5 cm³/mol. The second kappa shape index (κ2) is 7.08. The molecule has 3 rings (SSSR count). The summed E-state index contributed by atoms with van der Waals surface area (Å²) in [6.45, 7) is 0. The van der Waals surface area contributed by atoms with Gasteiger partial charge in [-0.1, -0.05) is 43.2 Å². The molecule has 1 aliphatic heterocycles. The van der Waals surface area contributed by atoms with Crippen LogP contribution in [0.4, 0.5) is 0 Å². The number of Topliss-reactive ketones (excluding diaryl/α,β-unsaturated/α-hetero) is 1. The highest BCUT2D eigenvalue weighted by Crippen LogP contribution is 2.31. The predicted octanol–water partition coefficient (Wildman–Crippen LogP) is 3.51. The zero-order valence-corrected chi connectivity index (χ0v) is 13.2. The van der Waals surface area contributed by atoms with Gasteiger partial charge in [0.1, 0.15) is 0 Å². The van der Waals surface area contributed by atoms with Gasteiger partial charge in [0.25, 0.3) is 0 Å². The zero-order chi connectivity index (χ0) is 15.4. The molecule has 1 aliphatic carbocycles. The van der Waals surface area contributed by atoms with Crippen LogP contribution in [0.1, 0.15) is 56.9 Å². The van der Waals surface area contributed by atoms with Crippen LogP contribution in [-0.2, 0) is 16.0 Å². The first kappa shape index (κ1) is 15.3. The zero-order valence-electron chi connectivity index (χ0n) is 13.2. The van der Waals surface area contributed by atoms with Crippen molar-refractivity contribution < 1.29 is 9.59 Å². The molecule has 0 radical (unpaired) electrons. The Hall–Kier alpha value is -1.64. The fraction of sp³-hybridized carbons (Fsp3) is 0.579. The molecule has 118 valence electrons. The minimum atomic E-state index is -0.133. The normalized spacial score (nSPS) is 22.5. The van der Waals surface area contributed by atoms with Crippen molar-refractivity contribution >= 4 is 11.7 Å². The highest BCUT2D eigenvalue weighted by atomic mass is 16.2. The molecule has 0 N–H and O–H groups in total. The lowest BCUT2D eigenvalue weighted by Crippen LogP contribution is -2.44. The topological polar surface area (TPSA) is 37.4 Å². The van der Waals surface area contributed by atoms with Crippen molar-refractivity contribution in [2.45, 2.75) is 69.9 Å². The molecule has 1 saturated heterocycles. The van der Waals surface area contributed by atoms with Crippen LogP contribution in [0.5, 0.6) is 0 Å². The summed E-state index contributed by atoms with van der Waals surface area (Å²) in [5.41, 5.74) is 1.28. The Morgan fingerprint density at radius 1 is 1.09 bits per heavy atom. The first-order chi connectivity index (χ1) is 10.8. The second-order valence-electron chi connectivity index (χ2n) is 6.60. The summed E-state index contributed by atoms with van der Waals surface area (Å²) in [4.78, 5) is 26.6. The third-order valence-electron chi connectivity index (χ3n) is 5.08. The Morgan fingerprint density at radius 2 is 1.82 bits per heavy atom. The van der Waals surface area contributed by atoms with Crippen LogP contribution in [0.25, 0.3) is 0 Å². The van der Waals surface area contributed by atoms with E-state index in [9.17, 15) is 9.59 Å². The van der Waals surface area contributed by atoms with Gasteiger partial charge in [-0.15, -0.1) is 0 Å². The summed E-state index contributed by atoms with van der Waals surface area (Å²) in [6, 6.07) is 10.5. The lowest BCUT2D eigenvalue weighted by Gasteiger charge is -2.30. The van der Waals surface area contributed by atoms with Gasteiger partial charge < -0.3 is 4.90 Å². The maximum absolute atomic E-state index is 12.6. The van der Waals surface area contributed by atoms with Gasteiger partial charge in [-0.2, -0.15) is 0 Å². The van der Waals surface area contributed by atoms with Crippen molar-refractivity contribution in [3.63, 3.8) is 0 Å². The van der Waals surface area contributed by atoms with E-state index in [1.807, 2.05) is 23.1 Å². The monoisotopic (exact) mass is 299 g/mol. The van der Waals surface area contributed by atoms with Crippen molar-refractivity contribution in [2.75, 3.05) is 0 Å². The number of nitrogens with zero attached hydrogens (tertiary/aromatic N) is 1. The van der Waals surface area contributed by atoms with E-state index in [1.165, 1.54) is 18.4 Å². The van der Waals surface area contributed by atoms with Crippen LogP contribution >= 0.6 is 0 Å². The molecule has 1 unspecified atom stereocenters. The summed E-state index contributed by atoms with van der Waals surface area (Å²) in [5, 5.41) is 0. The SMILES string of the molecule is O=C(CCCc1ccccc1)C1CCC(=O)N1C1CCCC1. The van der Waals surface area contributed by atoms with Crippen molar-refractivity contribution in [1.29, 1.82) is 0 Å². The molecule has 1 saturated carbocycles. The first-order valence-electron chi connectivity index (χ1n) is 8.63. The van der Waals surface area contributed by atoms with Crippen molar-refractivity contribution in [3.05, 3.63) is 35.9 Å². The van der Waals surface area contributed by atoms with E-state index >= 15 is 0 Å². The number of carbonyl (C=O) groups excluding carboxylic acids is 2. The molecular formula is C19H25NO2. The second-order valence-corrected chi connectivity index (χ2v) is 6.60. The number of rotatable bonds is 6. The van der Waals surface area contributed by atoms with Crippen LogP contribution in [0.3, 0.4) is 0 Å². The largest absolute Gasteiger partial charge is 0.330 e. The lowest BCUT2D eigenvalue weighted by atomic mass is 10.0. The Labute approximate surface area is 132 Å². The van der Waals surface area contributed by atoms with E-state index in [0.29, 0.717) is 18.9 Å². The number of likely N-dealkylation sites (tertiary alicyclic amines) is 1. The first-order valence-corrected chi connectivity index (χ1v) is 8.63. The fourth-order valence-electron chi connectivity index (χ4n) is 3.94. The lowest BCUT2D eigenvalue weighted by molar-refractivity contribution is -0.136. The molecule has 3 nitrogen and oxygen atoms in total. The van der Waals surface area contributed by atoms with Crippen LogP contribution in [0, 0.1) is 0 Å². The van der Waals surface area contributed by atoms with E-state index in [0.717, 1.165) is 32.1 Å². The summed E-state index contributed by atoms with van der Waals surface area (Å²) < 4.78 is 0. The Bertz CT molecular complexity index is 519. The van der Waals surface area contributed by atoms with Crippen LogP contribution in [0.2, 0.25) is 0 Å². The molecule has 2 aliphatic rings. The molecule has 1 heterocycles. The number of hydrogen-bond acceptors (Lipinski definition) is 2. The Morgan fingerprint density at radius 3 is 2.55 bits per heavy atom. The number of aryl methyl sites for hydroxylation is 1. The van der Waals surface area contributed by atoms with Crippen LogP contribution in [-0.4, -0.2) is 28.7 Å². The minimum absolute atomic E-state index is 0.133. The number of carbonyl (C=O) groups is 2. The summed E-state index contributed by atoms with van der Waals surface area (Å²) >= 11 is 0. The summed E-state index contributed by atoms with van der Waals surface area (Å²) in [6.07, 6.45) is 8.27. The van der Waals surface area contributed by atoms with E-state index in [1.54, 1.807) is 0 Å². The van der Waals surface area contributed by atoms with Gasteiger partial charge in [0.2, 0.25) is 5.91 Å². The Balaban J connectivity index is 1.53. The number of benzene rings is 1. The molecular weight excluding hydrogens is 274 g/mol.